The van der Waals surface area contributed by atoms with E-state index in [0.717, 1.165) is 11.4 Å². The van der Waals surface area contributed by atoms with Crippen molar-refractivity contribution < 1.29 is 4.79 Å². The fraction of sp³-hybridized carbons (Fsp3) is 0.222. The second kappa shape index (κ2) is 8.70. The first-order valence-electron chi connectivity index (χ1n) is 11.3. The summed E-state index contributed by atoms with van der Waals surface area (Å²) in [6.07, 6.45) is 0.935. The topological polar surface area (TPSA) is 109 Å². The van der Waals surface area contributed by atoms with Gasteiger partial charge < -0.3 is 11.5 Å². The Morgan fingerprint density at radius 1 is 1.08 bits per heavy atom. The number of aromatic nitrogens is 1. The lowest BCUT2D eigenvalue weighted by molar-refractivity contribution is -0.118. The number of carbonyl (C=O) groups excluding carboxylic acids is 1. The van der Waals surface area contributed by atoms with E-state index in [2.05, 4.69) is 24.9 Å². The fourth-order valence-corrected chi connectivity index (χ4v) is 5.76. The molecule has 2 aliphatic rings. The zero-order valence-electron chi connectivity index (χ0n) is 19.6. The Balaban J connectivity index is 1.94. The van der Waals surface area contributed by atoms with Crippen LogP contribution in [0.3, 0.4) is 0 Å². The third kappa shape index (κ3) is 3.79. The summed E-state index contributed by atoms with van der Waals surface area (Å²) in [7, 11) is 0. The molecule has 2 aromatic carbocycles. The minimum absolute atomic E-state index is 0.00843. The van der Waals surface area contributed by atoms with Gasteiger partial charge in [-0.2, -0.15) is 5.26 Å². The van der Waals surface area contributed by atoms with E-state index < -0.39 is 5.92 Å². The van der Waals surface area contributed by atoms with Gasteiger partial charge >= 0.3 is 0 Å². The molecule has 0 fully saturated rings. The second-order valence-corrected chi connectivity index (χ2v) is 11.0. The van der Waals surface area contributed by atoms with Crippen LogP contribution in [0.15, 0.2) is 53.7 Å². The SMILES string of the molecule is CC1(C)CC(=O)C2=C(C1)N(c1ccc(Cl)cc1)c1nc(N)c(C#N)c(N)c1C2c1cccc(Cl)c1Cl. The third-order valence-corrected chi connectivity index (χ3v) is 7.81. The molecule has 0 spiro atoms. The number of nitriles is 1. The van der Waals surface area contributed by atoms with E-state index >= 15 is 0 Å². The van der Waals surface area contributed by atoms with Gasteiger partial charge in [-0.05, 0) is 47.7 Å². The molecule has 0 amide bonds. The Labute approximate surface area is 224 Å². The summed E-state index contributed by atoms with van der Waals surface area (Å²) >= 11 is 19.3. The number of allylic oxidation sites excluding steroid dienone is 2. The van der Waals surface area contributed by atoms with Crippen molar-refractivity contribution in [3.63, 3.8) is 0 Å². The Kier molecular flexibility index (Phi) is 5.91. The highest BCUT2D eigenvalue weighted by molar-refractivity contribution is 6.42. The van der Waals surface area contributed by atoms with Crippen molar-refractivity contribution in [2.45, 2.75) is 32.6 Å². The van der Waals surface area contributed by atoms with Crippen LogP contribution in [0.1, 0.15) is 49.3 Å². The highest BCUT2D eigenvalue weighted by atomic mass is 35.5. The number of Topliss-reactive ketones (excluding diaryl/α,β-unsaturated/α-hetero) is 1. The van der Waals surface area contributed by atoms with Gasteiger partial charge in [0.15, 0.2) is 5.78 Å². The smallest absolute Gasteiger partial charge is 0.162 e. The number of hydrogen-bond donors (Lipinski definition) is 2. The molecule has 4 N–H and O–H groups in total. The van der Waals surface area contributed by atoms with Crippen molar-refractivity contribution in [1.29, 1.82) is 5.26 Å². The van der Waals surface area contributed by atoms with Crippen LogP contribution in [0.2, 0.25) is 15.1 Å². The molecule has 0 radical (unpaired) electrons. The lowest BCUT2D eigenvalue weighted by Gasteiger charge is -2.44. The average Bonchev–Trinajstić information content (AvgIpc) is 2.80. The number of fused-ring (bicyclic) bond motifs is 1. The molecule has 182 valence electrons. The van der Waals surface area contributed by atoms with E-state index in [0.29, 0.717) is 50.4 Å². The van der Waals surface area contributed by atoms with Crippen LogP contribution in [-0.4, -0.2) is 10.8 Å². The number of nitrogen functional groups attached to an aromatic ring is 2. The molecule has 9 heteroatoms. The summed E-state index contributed by atoms with van der Waals surface area (Å²) < 4.78 is 0. The quantitative estimate of drug-likeness (QED) is 0.363. The third-order valence-electron chi connectivity index (χ3n) is 6.73. The molecule has 0 saturated heterocycles. The minimum atomic E-state index is -0.673. The first kappa shape index (κ1) is 24.5. The summed E-state index contributed by atoms with van der Waals surface area (Å²) in [5.41, 5.74) is 15.9. The Bertz CT molecular complexity index is 1510. The fourth-order valence-electron chi connectivity index (χ4n) is 5.22. The number of benzene rings is 2. The molecule has 2 heterocycles. The first-order chi connectivity index (χ1) is 17.0. The van der Waals surface area contributed by atoms with E-state index in [1.807, 2.05) is 23.1 Å². The van der Waals surface area contributed by atoms with Crippen molar-refractivity contribution in [3.8, 4) is 6.07 Å². The van der Waals surface area contributed by atoms with Crippen LogP contribution in [0.4, 0.5) is 23.0 Å². The highest BCUT2D eigenvalue weighted by Crippen LogP contribution is 2.56. The number of anilines is 4. The maximum atomic E-state index is 13.9. The lowest BCUT2D eigenvalue weighted by Crippen LogP contribution is -2.39. The Morgan fingerprint density at radius 2 is 1.78 bits per heavy atom. The highest BCUT2D eigenvalue weighted by Gasteiger charge is 2.46. The van der Waals surface area contributed by atoms with Gasteiger partial charge in [-0.3, -0.25) is 9.69 Å². The summed E-state index contributed by atoms with van der Waals surface area (Å²) in [4.78, 5) is 20.4. The van der Waals surface area contributed by atoms with E-state index in [1.54, 1.807) is 24.3 Å². The molecule has 1 atom stereocenters. The molecular formula is C27H22Cl3N5O. The number of halogens is 3. The number of hydrogen-bond acceptors (Lipinski definition) is 6. The molecule has 6 nitrogen and oxygen atoms in total. The summed E-state index contributed by atoms with van der Waals surface area (Å²) in [6, 6.07) is 14.6. The van der Waals surface area contributed by atoms with Gasteiger partial charge in [0, 0.05) is 39.9 Å². The van der Waals surface area contributed by atoms with E-state index in [-0.39, 0.29) is 28.3 Å². The van der Waals surface area contributed by atoms with Gasteiger partial charge in [0.05, 0.1) is 15.7 Å². The number of ketones is 1. The van der Waals surface area contributed by atoms with Gasteiger partial charge in [-0.25, -0.2) is 4.98 Å². The van der Waals surface area contributed by atoms with Gasteiger partial charge in [-0.15, -0.1) is 0 Å². The number of carbonyl (C=O) groups is 1. The van der Waals surface area contributed by atoms with E-state index in [9.17, 15) is 10.1 Å². The van der Waals surface area contributed by atoms with Gasteiger partial charge in [0.25, 0.3) is 0 Å². The number of rotatable bonds is 2. The average molecular weight is 539 g/mol. The largest absolute Gasteiger partial charge is 0.397 e. The Morgan fingerprint density at radius 3 is 2.44 bits per heavy atom. The minimum Gasteiger partial charge on any atom is -0.397 e. The van der Waals surface area contributed by atoms with Gasteiger partial charge in [0.1, 0.15) is 23.3 Å². The summed E-state index contributed by atoms with van der Waals surface area (Å²) in [5.74, 6) is -0.249. The van der Waals surface area contributed by atoms with Crippen LogP contribution in [0.25, 0.3) is 0 Å². The maximum absolute atomic E-state index is 13.9. The normalized spacial score (nSPS) is 18.5. The predicted octanol–water partition coefficient (Wildman–Crippen LogP) is 7.00. The molecule has 3 aromatic rings. The first-order valence-corrected chi connectivity index (χ1v) is 12.4. The molecule has 1 aromatic heterocycles. The van der Waals surface area contributed by atoms with Crippen LogP contribution < -0.4 is 16.4 Å². The lowest BCUT2D eigenvalue weighted by atomic mass is 9.68. The second-order valence-electron chi connectivity index (χ2n) is 9.82. The Hall–Kier alpha value is -3.24. The summed E-state index contributed by atoms with van der Waals surface area (Å²) in [6.45, 7) is 4.11. The summed E-state index contributed by atoms with van der Waals surface area (Å²) in [5, 5.41) is 11.1. The molecule has 0 bridgehead atoms. The number of nitrogens with zero attached hydrogens (tertiary/aromatic N) is 3. The molecule has 1 aliphatic carbocycles. The van der Waals surface area contributed by atoms with Crippen molar-refractivity contribution in [2.75, 3.05) is 16.4 Å². The molecular weight excluding hydrogens is 517 g/mol. The zero-order valence-corrected chi connectivity index (χ0v) is 21.8. The van der Waals surface area contributed by atoms with Crippen LogP contribution in [0, 0.1) is 16.7 Å². The van der Waals surface area contributed by atoms with Crippen molar-refractivity contribution in [1.82, 2.24) is 4.98 Å². The van der Waals surface area contributed by atoms with E-state index in [4.69, 9.17) is 46.3 Å². The van der Waals surface area contributed by atoms with Gasteiger partial charge in [0.2, 0.25) is 0 Å². The van der Waals surface area contributed by atoms with Crippen molar-refractivity contribution in [3.05, 3.63) is 85.5 Å². The van der Waals surface area contributed by atoms with E-state index in [1.165, 1.54) is 0 Å². The molecule has 5 rings (SSSR count). The molecule has 1 unspecified atom stereocenters. The standard InChI is InChI=1S/C27H22Cl3N5O/c1-27(2)10-18-21(19(36)11-27)20(15-4-3-5-17(29)23(15)30)22-24(32)16(12-31)25(33)34-26(22)35(18)14-8-6-13(28)7-9-14/h3-9,20H,10-11H2,1-2H3,(H4,32,33,34). The monoisotopic (exact) mass is 537 g/mol. The number of nitrogens with two attached hydrogens (primary N) is 2. The predicted molar refractivity (Wildman–Crippen MR) is 145 cm³/mol. The van der Waals surface area contributed by atoms with Gasteiger partial charge in [-0.1, -0.05) is 60.8 Å². The van der Waals surface area contributed by atoms with Crippen molar-refractivity contribution in [2.24, 2.45) is 5.41 Å². The van der Waals surface area contributed by atoms with Crippen molar-refractivity contribution >= 4 is 63.6 Å². The van der Waals surface area contributed by atoms with Crippen LogP contribution >= 0.6 is 34.8 Å². The maximum Gasteiger partial charge on any atom is 0.162 e. The number of pyridine rings is 1. The molecule has 0 saturated carbocycles. The molecule has 36 heavy (non-hydrogen) atoms. The zero-order chi connectivity index (χ0) is 25.9. The van der Waals surface area contributed by atoms with Crippen LogP contribution in [-0.2, 0) is 4.79 Å². The van der Waals surface area contributed by atoms with Crippen LogP contribution in [0.5, 0.6) is 0 Å². The molecule has 1 aliphatic heterocycles.